The first-order chi connectivity index (χ1) is 19.1. The molecule has 0 aliphatic heterocycles. The molecule has 0 aliphatic rings. The number of nitrogens with zero attached hydrogens (tertiary/aromatic N) is 2. The summed E-state index contributed by atoms with van der Waals surface area (Å²) >= 11 is 1.26. The van der Waals surface area contributed by atoms with Crippen LogP contribution in [0.3, 0.4) is 0 Å². The van der Waals surface area contributed by atoms with Gasteiger partial charge in [-0.05, 0) is 36.1 Å². The number of sulfone groups is 1. The van der Waals surface area contributed by atoms with Crippen LogP contribution < -0.4 is 5.32 Å². The van der Waals surface area contributed by atoms with Crippen molar-refractivity contribution in [3.05, 3.63) is 101 Å². The molecule has 0 aliphatic carbocycles. The number of carbonyl (C=O) groups excluding carboxylic acids is 1. The van der Waals surface area contributed by atoms with Gasteiger partial charge in [-0.1, -0.05) is 79.7 Å². The Morgan fingerprint density at radius 3 is 2.02 bits per heavy atom. The van der Waals surface area contributed by atoms with Crippen LogP contribution in [-0.4, -0.2) is 48.2 Å². The predicted octanol–water partition coefficient (Wildman–Crippen LogP) is 6.27. The number of anilines is 1. The van der Waals surface area contributed by atoms with Crippen LogP contribution in [0.2, 0.25) is 0 Å². The lowest BCUT2D eigenvalue weighted by atomic mass is 9.79. The number of aromatic nitrogens is 1. The van der Waals surface area contributed by atoms with Crippen molar-refractivity contribution >= 4 is 38.3 Å². The van der Waals surface area contributed by atoms with E-state index in [0.717, 1.165) is 22.9 Å². The van der Waals surface area contributed by atoms with E-state index in [2.05, 4.69) is 10.3 Å². The van der Waals surface area contributed by atoms with Crippen LogP contribution >= 0.6 is 11.3 Å². The Labute approximate surface area is 238 Å². The molecule has 208 valence electrons. The number of thiazole rings is 1. The quantitative estimate of drug-likeness (QED) is 0.217. The molecule has 0 unspecified atom stereocenters. The first-order valence-electron chi connectivity index (χ1n) is 12.8. The number of carboxylic acid groups (broad SMARTS) is 1. The molecule has 2 amide bonds. The molecule has 40 heavy (non-hydrogen) atoms. The molecule has 3 aromatic carbocycles. The molecule has 8 nitrogen and oxygen atoms in total. The summed E-state index contributed by atoms with van der Waals surface area (Å²) in [5, 5.41) is 14.4. The van der Waals surface area contributed by atoms with Crippen molar-refractivity contribution in [1.29, 1.82) is 0 Å². The molecule has 1 heterocycles. The van der Waals surface area contributed by atoms with E-state index in [0.29, 0.717) is 17.2 Å². The van der Waals surface area contributed by atoms with Crippen molar-refractivity contribution in [2.75, 3.05) is 18.1 Å². The number of carboxylic acids is 1. The van der Waals surface area contributed by atoms with Crippen molar-refractivity contribution < 1.29 is 23.1 Å². The monoisotopic (exact) mass is 577 g/mol. The summed E-state index contributed by atoms with van der Waals surface area (Å²) in [4.78, 5) is 31.9. The summed E-state index contributed by atoms with van der Waals surface area (Å²) in [6.45, 7) is 2.22. The van der Waals surface area contributed by atoms with Gasteiger partial charge in [-0.3, -0.25) is 10.1 Å². The number of rotatable bonds is 11. The molecule has 0 spiro atoms. The Kier molecular flexibility index (Phi) is 9.01. The van der Waals surface area contributed by atoms with Gasteiger partial charge in [-0.2, -0.15) is 0 Å². The number of nitrogens with one attached hydrogen (secondary N) is 1. The Morgan fingerprint density at radius 1 is 0.950 bits per heavy atom. The third kappa shape index (κ3) is 6.40. The molecular weight excluding hydrogens is 546 g/mol. The summed E-state index contributed by atoms with van der Waals surface area (Å²) in [5.41, 5.74) is 2.30. The topological polar surface area (TPSA) is 117 Å². The highest BCUT2D eigenvalue weighted by Gasteiger charge is 2.41. The second-order valence-corrected chi connectivity index (χ2v) is 12.2. The number of amides is 2. The first kappa shape index (κ1) is 29.0. The highest BCUT2D eigenvalue weighted by molar-refractivity contribution is 7.90. The average Bonchev–Trinajstić information content (AvgIpc) is 3.42. The van der Waals surface area contributed by atoms with Gasteiger partial charge in [0.1, 0.15) is 0 Å². The smallest absolute Gasteiger partial charge is 0.324 e. The number of benzene rings is 3. The van der Waals surface area contributed by atoms with Crippen LogP contribution in [0.4, 0.5) is 9.93 Å². The van der Waals surface area contributed by atoms with Crippen molar-refractivity contribution in [3.8, 4) is 11.3 Å². The van der Waals surface area contributed by atoms with Crippen LogP contribution in [0, 0.1) is 0 Å². The van der Waals surface area contributed by atoms with E-state index >= 15 is 0 Å². The third-order valence-electron chi connectivity index (χ3n) is 6.79. The van der Waals surface area contributed by atoms with Gasteiger partial charge in [0.2, 0.25) is 0 Å². The van der Waals surface area contributed by atoms with Crippen molar-refractivity contribution in [1.82, 2.24) is 9.88 Å². The largest absolute Gasteiger partial charge is 0.481 e. The third-order valence-corrected chi connectivity index (χ3v) is 8.68. The average molecular weight is 578 g/mol. The Morgan fingerprint density at radius 2 is 1.52 bits per heavy atom. The Balaban J connectivity index is 1.69. The van der Waals surface area contributed by atoms with E-state index in [4.69, 9.17) is 0 Å². The van der Waals surface area contributed by atoms with Crippen LogP contribution in [0.5, 0.6) is 0 Å². The summed E-state index contributed by atoms with van der Waals surface area (Å²) in [6.07, 6.45) is 1.91. The number of urea groups is 1. The van der Waals surface area contributed by atoms with E-state index in [-0.39, 0.29) is 24.3 Å². The SMILES string of the molecule is CCC(c1ccccc1)(c1ccccc1)N(CCCC(=O)O)C(=O)Nc1nc(-c2ccc(S(C)(=O)=O)cc2)cs1. The minimum atomic E-state index is -3.31. The molecule has 0 atom stereocenters. The molecule has 4 rings (SSSR count). The molecule has 2 N–H and O–H groups in total. The zero-order valence-electron chi connectivity index (χ0n) is 22.3. The van der Waals surface area contributed by atoms with Crippen molar-refractivity contribution in [3.63, 3.8) is 0 Å². The van der Waals surface area contributed by atoms with Crippen LogP contribution in [0.1, 0.15) is 37.3 Å². The molecule has 0 saturated carbocycles. The summed E-state index contributed by atoms with van der Waals surface area (Å²) in [7, 11) is -3.31. The van der Waals surface area contributed by atoms with Gasteiger partial charge in [0.15, 0.2) is 15.0 Å². The predicted molar refractivity (Wildman–Crippen MR) is 157 cm³/mol. The fourth-order valence-electron chi connectivity index (χ4n) is 4.85. The minimum absolute atomic E-state index is 0.0714. The standard InChI is InChI=1S/C30H31N3O5S2/c1-3-30(23-11-6-4-7-12-23,24-13-8-5-9-14-24)33(20-10-15-27(34)35)29(36)32-28-31-26(21-39-28)22-16-18-25(19-17-22)40(2,37)38/h4-9,11-14,16-19,21H,3,10,15,20H2,1-2H3,(H,34,35)(H,31,32,36). The highest BCUT2D eigenvalue weighted by Crippen LogP contribution is 2.40. The second kappa shape index (κ2) is 12.4. The Bertz CT molecular complexity index is 1510. The fraction of sp³-hybridized carbons (Fsp3) is 0.233. The molecule has 0 fully saturated rings. The van der Waals surface area contributed by atoms with Gasteiger partial charge < -0.3 is 10.0 Å². The number of carbonyl (C=O) groups is 2. The number of aliphatic carboxylic acids is 1. The van der Waals surface area contributed by atoms with Gasteiger partial charge >= 0.3 is 12.0 Å². The molecular formula is C30H31N3O5S2. The van der Waals surface area contributed by atoms with E-state index in [9.17, 15) is 23.1 Å². The van der Waals surface area contributed by atoms with Gasteiger partial charge in [0, 0.05) is 30.2 Å². The van der Waals surface area contributed by atoms with E-state index in [1.807, 2.05) is 67.6 Å². The van der Waals surface area contributed by atoms with Crippen molar-refractivity contribution in [2.24, 2.45) is 0 Å². The lowest BCUT2D eigenvalue weighted by Gasteiger charge is -2.44. The molecule has 1 aromatic heterocycles. The van der Waals surface area contributed by atoms with Gasteiger partial charge in [-0.15, -0.1) is 11.3 Å². The van der Waals surface area contributed by atoms with E-state index in [1.54, 1.807) is 22.4 Å². The van der Waals surface area contributed by atoms with E-state index < -0.39 is 27.4 Å². The normalized spacial score (nSPS) is 11.7. The summed E-state index contributed by atoms with van der Waals surface area (Å²) in [6, 6.07) is 25.5. The zero-order valence-corrected chi connectivity index (χ0v) is 23.9. The number of hydrogen-bond donors (Lipinski definition) is 2. The fourth-order valence-corrected chi connectivity index (χ4v) is 6.19. The summed E-state index contributed by atoms with van der Waals surface area (Å²) in [5.74, 6) is -0.923. The first-order valence-corrected chi connectivity index (χ1v) is 15.6. The molecule has 0 bridgehead atoms. The Hall–Kier alpha value is -4.02. The minimum Gasteiger partial charge on any atom is -0.481 e. The molecule has 10 heteroatoms. The maximum absolute atomic E-state index is 14.0. The zero-order chi connectivity index (χ0) is 28.8. The van der Waals surface area contributed by atoms with Crippen molar-refractivity contribution in [2.45, 2.75) is 36.6 Å². The molecule has 4 aromatic rings. The van der Waals surface area contributed by atoms with Gasteiger partial charge in [-0.25, -0.2) is 18.2 Å². The molecule has 0 saturated heterocycles. The highest BCUT2D eigenvalue weighted by atomic mass is 32.2. The maximum atomic E-state index is 14.0. The van der Waals surface area contributed by atoms with E-state index in [1.165, 1.54) is 23.5 Å². The second-order valence-electron chi connectivity index (χ2n) is 9.36. The summed E-state index contributed by atoms with van der Waals surface area (Å²) < 4.78 is 23.6. The maximum Gasteiger partial charge on any atom is 0.324 e. The van der Waals surface area contributed by atoms with Crippen LogP contribution in [0.15, 0.2) is 95.2 Å². The van der Waals surface area contributed by atoms with Crippen LogP contribution in [0.25, 0.3) is 11.3 Å². The number of hydrogen-bond acceptors (Lipinski definition) is 6. The molecule has 0 radical (unpaired) electrons. The van der Waals surface area contributed by atoms with Crippen LogP contribution in [-0.2, 0) is 20.2 Å². The van der Waals surface area contributed by atoms with Gasteiger partial charge in [0.25, 0.3) is 0 Å². The lowest BCUT2D eigenvalue weighted by molar-refractivity contribution is -0.137. The lowest BCUT2D eigenvalue weighted by Crippen LogP contribution is -2.52. The van der Waals surface area contributed by atoms with Gasteiger partial charge in [0.05, 0.1) is 16.1 Å².